The number of hydrogen-bond acceptors (Lipinski definition) is 16. The highest BCUT2D eigenvalue weighted by Crippen LogP contribution is 2.60. The van der Waals surface area contributed by atoms with Gasteiger partial charge >= 0.3 is 33.3 Å². The average molecular weight is 1000 g/mol. The van der Waals surface area contributed by atoms with Crippen molar-refractivity contribution in [3.63, 3.8) is 0 Å². The molecule has 1 aromatic heterocycles. The van der Waals surface area contributed by atoms with Gasteiger partial charge in [-0.15, -0.1) is 0 Å². The van der Waals surface area contributed by atoms with E-state index < -0.39 is 83.7 Å². The summed E-state index contributed by atoms with van der Waals surface area (Å²) in [5, 5.41) is 20.9. The molecular formula is C47H75N3O16P2. The van der Waals surface area contributed by atoms with Crippen molar-refractivity contribution in [3.8, 4) is 0 Å². The molecule has 2 aliphatic heterocycles. The lowest BCUT2D eigenvalue weighted by Gasteiger charge is -2.21. The zero-order valence-electron chi connectivity index (χ0n) is 39.7. The van der Waals surface area contributed by atoms with E-state index in [2.05, 4.69) is 72.6 Å². The van der Waals surface area contributed by atoms with Crippen LogP contribution in [0.1, 0.15) is 136 Å². The molecule has 0 radical (unpaired) electrons. The predicted molar refractivity (Wildman–Crippen MR) is 256 cm³/mol. The number of aliphatic hydroxyl groups is 2. The Bertz CT molecular complexity index is 1960. The van der Waals surface area contributed by atoms with E-state index in [1.165, 1.54) is 12.5 Å². The van der Waals surface area contributed by atoms with Gasteiger partial charge in [0.05, 0.1) is 25.4 Å². The molecule has 68 heavy (non-hydrogen) atoms. The standard InChI is InChI=1S/C47H75N3O16P2/c1-4-6-21-27-38-39(64-38)28-23-18-13-11-9-7-8-10-12-14-19-24-29-42(51)60-33-37(63-43(52)30-25-20-16-15-17-22-26-36(3)5-2)34-61-67(56,57)66-68(58,59)62-35-40-44(53)45(54)46(65-40)50-32-31-41(48)49-47(50)55/h6,8-11,14,18-19,21,23,31-32,36-40,44-46,53-54H,4-5,7,12-13,15-17,20,22,24-30,33-35H2,1-3H3,(H,56,57)(H,58,59)(H2,48,49,55)/b10-8-,11-9-,19-14-,21-6-,23-18-/t36?,37-,38?,39?,40-,44-,45-,46-/m1/s1. The molecule has 6 N–H and O–H groups in total. The minimum atomic E-state index is -5.44. The molecular weight excluding hydrogens is 924 g/mol. The maximum atomic E-state index is 12.8. The van der Waals surface area contributed by atoms with Gasteiger partial charge in [0.15, 0.2) is 12.3 Å². The van der Waals surface area contributed by atoms with Gasteiger partial charge < -0.3 is 44.7 Å². The van der Waals surface area contributed by atoms with Crippen LogP contribution in [0, 0.1) is 5.92 Å². The molecule has 384 valence electrons. The number of aliphatic hydroxyl groups excluding tert-OH is 2. The summed E-state index contributed by atoms with van der Waals surface area (Å²) in [5.74, 6) is -0.710. The van der Waals surface area contributed by atoms with Crippen LogP contribution < -0.4 is 11.4 Å². The second-order valence-electron chi connectivity index (χ2n) is 16.9. The van der Waals surface area contributed by atoms with Gasteiger partial charge in [-0.2, -0.15) is 9.29 Å². The van der Waals surface area contributed by atoms with Crippen molar-refractivity contribution in [2.45, 2.75) is 173 Å². The predicted octanol–water partition coefficient (Wildman–Crippen LogP) is 8.01. The molecule has 0 spiro atoms. The van der Waals surface area contributed by atoms with Crippen LogP contribution >= 0.6 is 15.6 Å². The van der Waals surface area contributed by atoms with Crippen LogP contribution in [0.25, 0.3) is 0 Å². The molecule has 0 aromatic carbocycles. The Labute approximate surface area is 400 Å². The Morgan fingerprint density at radius 1 is 0.779 bits per heavy atom. The largest absolute Gasteiger partial charge is 0.481 e. The minimum absolute atomic E-state index is 0.00376. The Hall–Kier alpha value is -3.58. The number of nitrogen functional groups attached to an aromatic ring is 1. The lowest BCUT2D eigenvalue weighted by molar-refractivity contribution is -0.161. The highest BCUT2D eigenvalue weighted by atomic mass is 31.3. The van der Waals surface area contributed by atoms with Crippen LogP contribution in [0.4, 0.5) is 5.82 Å². The first-order valence-electron chi connectivity index (χ1n) is 23.8. The molecule has 0 saturated carbocycles. The summed E-state index contributed by atoms with van der Waals surface area (Å²) in [6.45, 7) is 4.15. The van der Waals surface area contributed by atoms with Gasteiger partial charge in [0.2, 0.25) is 0 Å². The lowest BCUT2D eigenvalue weighted by atomic mass is 10.00. The van der Waals surface area contributed by atoms with E-state index in [0.29, 0.717) is 37.4 Å². The number of esters is 2. The second-order valence-corrected chi connectivity index (χ2v) is 19.9. The van der Waals surface area contributed by atoms with E-state index in [1.807, 2.05) is 18.2 Å². The summed E-state index contributed by atoms with van der Waals surface area (Å²) in [6, 6.07) is 1.24. The summed E-state index contributed by atoms with van der Waals surface area (Å²) in [7, 11) is -10.9. The number of unbranched alkanes of at least 4 members (excludes halogenated alkanes) is 5. The number of aromatic nitrogens is 2. The number of epoxide rings is 1. The molecule has 2 fully saturated rings. The smallest absolute Gasteiger partial charge is 0.462 e. The molecule has 1 aromatic rings. The van der Waals surface area contributed by atoms with Crippen molar-refractivity contribution < 1.29 is 71.0 Å². The number of carbonyl (C=O) groups excluding carboxylic acids is 2. The molecule has 2 saturated heterocycles. The first-order chi connectivity index (χ1) is 32.5. The monoisotopic (exact) mass is 999 g/mol. The highest BCUT2D eigenvalue weighted by Gasteiger charge is 2.46. The Morgan fingerprint density at radius 3 is 2.03 bits per heavy atom. The molecule has 5 unspecified atom stereocenters. The highest BCUT2D eigenvalue weighted by molar-refractivity contribution is 7.61. The van der Waals surface area contributed by atoms with Gasteiger partial charge in [-0.05, 0) is 63.4 Å². The van der Waals surface area contributed by atoms with Gasteiger partial charge in [0.1, 0.15) is 30.7 Å². The Morgan fingerprint density at radius 2 is 1.38 bits per heavy atom. The fourth-order valence-corrected chi connectivity index (χ4v) is 8.99. The van der Waals surface area contributed by atoms with Gasteiger partial charge in [-0.1, -0.05) is 126 Å². The summed E-state index contributed by atoms with van der Waals surface area (Å²) in [6.07, 6.45) is 28.3. The SMILES string of the molecule is CC/C=C\CC1OC1C/C=C\C/C=C\C/C=C\C/C=C\CCC(=O)OC[C@H](COP(=O)(O)OP(=O)(O)OC[C@H]1O[C@@H](n2ccc(N)nc2=O)[C@H](O)[C@@H]1O)OC(=O)CCCCCCCCC(C)CC. The zero-order valence-corrected chi connectivity index (χ0v) is 41.5. The van der Waals surface area contributed by atoms with Crippen LogP contribution in [0.3, 0.4) is 0 Å². The summed E-state index contributed by atoms with van der Waals surface area (Å²) < 4.78 is 62.2. The van der Waals surface area contributed by atoms with E-state index in [-0.39, 0.29) is 18.7 Å². The Balaban J connectivity index is 1.41. The summed E-state index contributed by atoms with van der Waals surface area (Å²) in [4.78, 5) is 61.7. The van der Waals surface area contributed by atoms with Crippen molar-refractivity contribution in [2.75, 3.05) is 25.6 Å². The van der Waals surface area contributed by atoms with E-state index in [4.69, 9.17) is 33.7 Å². The zero-order chi connectivity index (χ0) is 49.8. The molecule has 0 bridgehead atoms. The number of nitrogens with zero attached hydrogens (tertiary/aromatic N) is 2. The average Bonchev–Trinajstić information content (AvgIpc) is 3.98. The summed E-state index contributed by atoms with van der Waals surface area (Å²) >= 11 is 0. The van der Waals surface area contributed by atoms with Crippen LogP contribution in [0.2, 0.25) is 0 Å². The van der Waals surface area contributed by atoms with Gasteiger partial charge in [-0.25, -0.2) is 13.9 Å². The van der Waals surface area contributed by atoms with E-state index in [9.17, 15) is 43.5 Å². The van der Waals surface area contributed by atoms with E-state index in [0.717, 1.165) is 81.4 Å². The molecule has 10 atom stereocenters. The fraction of sp³-hybridized carbons (Fsp3) is 0.660. The molecule has 21 heteroatoms. The number of ether oxygens (including phenoxy) is 4. The third kappa shape index (κ3) is 24.8. The molecule has 3 rings (SSSR count). The molecule has 0 aliphatic carbocycles. The first-order valence-corrected chi connectivity index (χ1v) is 26.8. The van der Waals surface area contributed by atoms with Crippen molar-refractivity contribution in [1.29, 1.82) is 0 Å². The maximum absolute atomic E-state index is 12.8. The topological polar surface area (TPSA) is 278 Å². The van der Waals surface area contributed by atoms with Crippen LogP contribution in [0.15, 0.2) is 77.8 Å². The Kier molecular flexibility index (Phi) is 27.9. The van der Waals surface area contributed by atoms with Crippen LogP contribution in [0.5, 0.6) is 0 Å². The number of nitrogens with two attached hydrogens (primary N) is 1. The number of allylic oxidation sites excluding steroid dienone is 8. The minimum Gasteiger partial charge on any atom is -0.462 e. The molecule has 3 heterocycles. The van der Waals surface area contributed by atoms with Crippen molar-refractivity contribution >= 4 is 33.4 Å². The first kappa shape index (κ1) is 58.7. The second kappa shape index (κ2) is 32.3. The van der Waals surface area contributed by atoms with Gasteiger partial charge in [0.25, 0.3) is 0 Å². The number of hydrogen-bond donors (Lipinski definition) is 5. The van der Waals surface area contributed by atoms with Crippen LogP contribution in [-0.4, -0.2) is 97.9 Å². The number of phosphoric ester groups is 2. The van der Waals surface area contributed by atoms with Crippen molar-refractivity contribution in [2.24, 2.45) is 5.92 Å². The molecule has 0 amide bonds. The molecule has 2 aliphatic rings. The van der Waals surface area contributed by atoms with Crippen molar-refractivity contribution in [3.05, 3.63) is 83.5 Å². The van der Waals surface area contributed by atoms with E-state index >= 15 is 0 Å². The molecule has 19 nitrogen and oxygen atoms in total. The van der Waals surface area contributed by atoms with E-state index in [1.54, 1.807) is 0 Å². The number of phosphoric acid groups is 2. The number of carbonyl (C=O) groups is 2. The third-order valence-electron chi connectivity index (χ3n) is 11.1. The van der Waals surface area contributed by atoms with Crippen LogP contribution in [-0.2, 0) is 51.0 Å². The normalized spacial score (nSPS) is 23.5. The lowest BCUT2D eigenvalue weighted by Crippen LogP contribution is -2.36. The van der Waals surface area contributed by atoms with Gasteiger partial charge in [-0.3, -0.25) is 23.2 Å². The summed E-state index contributed by atoms with van der Waals surface area (Å²) in [5.41, 5.74) is 4.57. The number of anilines is 1. The fourth-order valence-electron chi connectivity index (χ4n) is 6.88. The quantitative estimate of drug-likeness (QED) is 0.0140. The maximum Gasteiger partial charge on any atom is 0.481 e. The van der Waals surface area contributed by atoms with Crippen molar-refractivity contribution in [1.82, 2.24) is 9.55 Å². The third-order valence-corrected chi connectivity index (χ3v) is 13.7. The van der Waals surface area contributed by atoms with Gasteiger partial charge in [0, 0.05) is 19.0 Å². The number of rotatable bonds is 36.